The predicted octanol–water partition coefficient (Wildman–Crippen LogP) is 1.87. The topological polar surface area (TPSA) is 60.3 Å². The molecule has 1 N–H and O–H groups in total. The lowest BCUT2D eigenvalue weighted by atomic mass is 10.3. The summed E-state index contributed by atoms with van der Waals surface area (Å²) in [4.78, 5) is 0.218. The zero-order chi connectivity index (χ0) is 14.4. The highest BCUT2D eigenvalue weighted by molar-refractivity contribution is 7.89. The first-order chi connectivity index (χ1) is 9.62. The molecule has 0 saturated heterocycles. The molecular formula is C14H18N2O3S. The van der Waals surface area contributed by atoms with Crippen molar-refractivity contribution in [2.75, 3.05) is 13.2 Å². The van der Waals surface area contributed by atoms with Gasteiger partial charge in [0.15, 0.2) is 0 Å². The van der Waals surface area contributed by atoms with Crippen molar-refractivity contribution in [3.05, 3.63) is 48.8 Å². The zero-order valence-corrected chi connectivity index (χ0v) is 12.1. The Kier molecular flexibility index (Phi) is 4.81. The second-order valence-corrected chi connectivity index (χ2v) is 5.99. The monoisotopic (exact) mass is 294 g/mol. The first-order valence-electron chi connectivity index (χ1n) is 6.45. The molecule has 0 aliphatic rings. The van der Waals surface area contributed by atoms with Crippen LogP contribution in [0.2, 0.25) is 0 Å². The third kappa shape index (κ3) is 3.85. The van der Waals surface area contributed by atoms with Crippen LogP contribution in [-0.4, -0.2) is 26.1 Å². The van der Waals surface area contributed by atoms with E-state index in [0.717, 1.165) is 0 Å². The van der Waals surface area contributed by atoms with E-state index in [1.807, 2.05) is 36.0 Å². The summed E-state index contributed by atoms with van der Waals surface area (Å²) in [5, 5.41) is 0. The Morgan fingerprint density at radius 1 is 1.20 bits per heavy atom. The molecule has 0 unspecified atom stereocenters. The molecule has 1 aromatic carbocycles. The Morgan fingerprint density at radius 3 is 2.65 bits per heavy atom. The van der Waals surface area contributed by atoms with Gasteiger partial charge >= 0.3 is 0 Å². The molecule has 0 fully saturated rings. The van der Waals surface area contributed by atoms with E-state index in [0.29, 0.717) is 25.4 Å². The van der Waals surface area contributed by atoms with Gasteiger partial charge in [-0.25, -0.2) is 13.1 Å². The molecule has 108 valence electrons. The number of sulfonamides is 1. The van der Waals surface area contributed by atoms with Crippen molar-refractivity contribution in [3.8, 4) is 5.75 Å². The number of benzene rings is 1. The second kappa shape index (κ2) is 6.58. The SMILES string of the molecule is CCOc1cccc(S(=O)(=O)NCCn2cccc2)c1. The third-order valence-electron chi connectivity index (χ3n) is 2.76. The fourth-order valence-corrected chi connectivity index (χ4v) is 2.87. The highest BCUT2D eigenvalue weighted by Crippen LogP contribution is 2.17. The maximum absolute atomic E-state index is 12.1. The molecule has 1 heterocycles. The lowest BCUT2D eigenvalue weighted by molar-refractivity contribution is 0.339. The molecule has 0 saturated carbocycles. The summed E-state index contributed by atoms with van der Waals surface area (Å²) in [5.41, 5.74) is 0. The normalized spacial score (nSPS) is 11.4. The highest BCUT2D eigenvalue weighted by atomic mass is 32.2. The van der Waals surface area contributed by atoms with Gasteiger partial charge in [0.25, 0.3) is 0 Å². The van der Waals surface area contributed by atoms with Crippen LogP contribution in [0.1, 0.15) is 6.92 Å². The van der Waals surface area contributed by atoms with Gasteiger partial charge in [0, 0.05) is 31.5 Å². The fraction of sp³-hybridized carbons (Fsp3) is 0.286. The molecule has 0 atom stereocenters. The number of rotatable bonds is 7. The minimum atomic E-state index is -3.50. The van der Waals surface area contributed by atoms with Gasteiger partial charge in [-0.15, -0.1) is 0 Å². The van der Waals surface area contributed by atoms with Crippen molar-refractivity contribution in [2.45, 2.75) is 18.4 Å². The smallest absolute Gasteiger partial charge is 0.240 e. The summed E-state index contributed by atoms with van der Waals surface area (Å²) in [6, 6.07) is 10.3. The molecule has 2 aromatic rings. The quantitative estimate of drug-likeness (QED) is 0.848. The molecule has 0 aliphatic carbocycles. The van der Waals surface area contributed by atoms with E-state index in [2.05, 4.69) is 4.72 Å². The number of ether oxygens (including phenoxy) is 1. The summed E-state index contributed by atoms with van der Waals surface area (Å²) in [5.74, 6) is 0.556. The standard InChI is InChI=1S/C14H18N2O3S/c1-2-19-13-6-5-7-14(12-13)20(17,18)15-8-11-16-9-3-4-10-16/h3-7,9-10,12,15H,2,8,11H2,1H3. The molecule has 0 aliphatic heterocycles. The van der Waals surface area contributed by atoms with Crippen LogP contribution in [0.25, 0.3) is 0 Å². The molecular weight excluding hydrogens is 276 g/mol. The number of hydrogen-bond acceptors (Lipinski definition) is 3. The first kappa shape index (κ1) is 14.6. The Balaban J connectivity index is 2.00. The van der Waals surface area contributed by atoms with E-state index in [4.69, 9.17) is 4.74 Å². The van der Waals surface area contributed by atoms with Crippen molar-refractivity contribution in [1.29, 1.82) is 0 Å². The molecule has 2 rings (SSSR count). The molecule has 6 heteroatoms. The minimum Gasteiger partial charge on any atom is -0.494 e. The van der Waals surface area contributed by atoms with E-state index < -0.39 is 10.0 Å². The molecule has 0 amide bonds. The van der Waals surface area contributed by atoms with Crippen LogP contribution in [0.4, 0.5) is 0 Å². The molecule has 0 spiro atoms. The predicted molar refractivity (Wildman–Crippen MR) is 77.2 cm³/mol. The van der Waals surface area contributed by atoms with E-state index in [-0.39, 0.29) is 4.90 Å². The van der Waals surface area contributed by atoms with E-state index in [1.165, 1.54) is 6.07 Å². The Labute approximate surface area is 119 Å². The van der Waals surface area contributed by atoms with Crippen molar-refractivity contribution in [3.63, 3.8) is 0 Å². The Morgan fingerprint density at radius 2 is 1.95 bits per heavy atom. The number of hydrogen-bond donors (Lipinski definition) is 1. The fourth-order valence-electron chi connectivity index (χ4n) is 1.81. The van der Waals surface area contributed by atoms with Crippen LogP contribution >= 0.6 is 0 Å². The van der Waals surface area contributed by atoms with Crippen molar-refractivity contribution < 1.29 is 13.2 Å². The second-order valence-electron chi connectivity index (χ2n) is 4.23. The van der Waals surface area contributed by atoms with Crippen LogP contribution < -0.4 is 9.46 Å². The van der Waals surface area contributed by atoms with Gasteiger partial charge < -0.3 is 9.30 Å². The average molecular weight is 294 g/mol. The van der Waals surface area contributed by atoms with E-state index in [9.17, 15) is 8.42 Å². The van der Waals surface area contributed by atoms with Gasteiger partial charge in [0.2, 0.25) is 10.0 Å². The number of aromatic nitrogens is 1. The lowest BCUT2D eigenvalue weighted by Crippen LogP contribution is -2.27. The van der Waals surface area contributed by atoms with Gasteiger partial charge in [-0.1, -0.05) is 6.07 Å². The zero-order valence-electron chi connectivity index (χ0n) is 11.3. The molecule has 0 radical (unpaired) electrons. The van der Waals surface area contributed by atoms with Gasteiger partial charge in [0.1, 0.15) is 5.75 Å². The van der Waals surface area contributed by atoms with Crippen LogP contribution in [-0.2, 0) is 16.6 Å². The summed E-state index contributed by atoms with van der Waals surface area (Å²) in [6.45, 7) is 3.30. The Bertz CT molecular complexity index is 636. The molecule has 5 nitrogen and oxygen atoms in total. The van der Waals surface area contributed by atoms with Crippen LogP contribution in [0, 0.1) is 0 Å². The number of nitrogens with zero attached hydrogens (tertiary/aromatic N) is 1. The maximum Gasteiger partial charge on any atom is 0.240 e. The number of nitrogens with one attached hydrogen (secondary N) is 1. The van der Waals surface area contributed by atoms with Gasteiger partial charge in [-0.3, -0.25) is 0 Å². The van der Waals surface area contributed by atoms with Crippen LogP contribution in [0.3, 0.4) is 0 Å². The lowest BCUT2D eigenvalue weighted by Gasteiger charge is -2.09. The van der Waals surface area contributed by atoms with Gasteiger partial charge in [-0.2, -0.15) is 0 Å². The summed E-state index contributed by atoms with van der Waals surface area (Å²) in [6.07, 6.45) is 3.79. The van der Waals surface area contributed by atoms with Crippen LogP contribution in [0.15, 0.2) is 53.7 Å². The van der Waals surface area contributed by atoms with Crippen LogP contribution in [0.5, 0.6) is 5.75 Å². The molecule has 1 aromatic heterocycles. The van der Waals surface area contributed by atoms with Crippen molar-refractivity contribution in [2.24, 2.45) is 0 Å². The third-order valence-corrected chi connectivity index (χ3v) is 4.21. The summed E-state index contributed by atoms with van der Waals surface area (Å²) >= 11 is 0. The Hall–Kier alpha value is -1.79. The van der Waals surface area contributed by atoms with Gasteiger partial charge in [0.05, 0.1) is 11.5 Å². The molecule has 0 bridgehead atoms. The molecule has 20 heavy (non-hydrogen) atoms. The van der Waals surface area contributed by atoms with E-state index >= 15 is 0 Å². The van der Waals surface area contributed by atoms with Gasteiger partial charge in [-0.05, 0) is 31.2 Å². The van der Waals surface area contributed by atoms with Crippen molar-refractivity contribution in [1.82, 2.24) is 9.29 Å². The summed E-state index contributed by atoms with van der Waals surface area (Å²) < 4.78 is 34.1. The van der Waals surface area contributed by atoms with E-state index in [1.54, 1.807) is 18.2 Å². The largest absolute Gasteiger partial charge is 0.494 e. The highest BCUT2D eigenvalue weighted by Gasteiger charge is 2.13. The van der Waals surface area contributed by atoms with Crippen molar-refractivity contribution >= 4 is 10.0 Å². The summed E-state index contributed by atoms with van der Waals surface area (Å²) in [7, 11) is -3.50. The maximum atomic E-state index is 12.1. The minimum absolute atomic E-state index is 0.218. The average Bonchev–Trinajstić information content (AvgIpc) is 2.92. The first-order valence-corrected chi connectivity index (χ1v) is 7.93.